The van der Waals surface area contributed by atoms with Crippen molar-refractivity contribution in [2.45, 2.75) is 11.8 Å². The number of nitrogens with zero attached hydrogens (tertiary/aromatic N) is 3. The quantitative estimate of drug-likeness (QED) is 0.265. The number of non-ortho nitro benzene ring substituents is 1. The Morgan fingerprint density at radius 2 is 1.82 bits per heavy atom. The van der Waals surface area contributed by atoms with Gasteiger partial charge in [0.15, 0.2) is 9.84 Å². The maximum atomic E-state index is 12.3. The Morgan fingerprint density at radius 1 is 1.03 bits per heavy atom. The van der Waals surface area contributed by atoms with Crippen LogP contribution in [0.15, 0.2) is 76.5 Å². The highest BCUT2D eigenvalue weighted by Crippen LogP contribution is 2.35. The highest BCUT2D eigenvalue weighted by molar-refractivity contribution is 7.90. The largest absolute Gasteiger partial charge is 0.464 e. The van der Waals surface area contributed by atoms with Gasteiger partial charge in [0.2, 0.25) is 0 Å². The Morgan fingerprint density at radius 3 is 2.59 bits per heavy atom. The summed E-state index contributed by atoms with van der Waals surface area (Å²) < 4.78 is 30.2. The molecule has 0 saturated carbocycles. The van der Waals surface area contributed by atoms with E-state index in [9.17, 15) is 18.5 Å². The van der Waals surface area contributed by atoms with E-state index in [1.807, 2.05) is 31.2 Å². The molecule has 1 N–H and O–H groups in total. The molecule has 2 heterocycles. The summed E-state index contributed by atoms with van der Waals surface area (Å²) in [6.07, 6.45) is 5.91. The fraction of sp³-hybridized carbons (Fsp3) is 0.0833. The third-order valence-electron chi connectivity index (χ3n) is 5.50. The molecule has 0 radical (unpaired) electrons. The molecule has 9 nitrogen and oxygen atoms in total. The van der Waals surface area contributed by atoms with Crippen LogP contribution in [-0.2, 0) is 9.84 Å². The number of sulfone groups is 1. The van der Waals surface area contributed by atoms with Crippen molar-refractivity contribution >= 4 is 48.9 Å². The SMILES string of the molecule is Cc1coc2ccc(-c3cc(Nc4cc([N+](=O)[O-])ccc4S(C)(=O)=O)cc4nccnc34)cc12. The average Bonchev–Trinajstić information content (AvgIpc) is 3.17. The maximum Gasteiger partial charge on any atom is 0.271 e. The van der Waals surface area contributed by atoms with Gasteiger partial charge in [-0.1, -0.05) is 6.07 Å². The minimum absolute atomic E-state index is 0.0469. The number of benzene rings is 3. The molecule has 10 heteroatoms. The normalized spacial score (nSPS) is 11.7. The summed E-state index contributed by atoms with van der Waals surface area (Å²) in [5.41, 5.74) is 5.03. The van der Waals surface area contributed by atoms with Crippen molar-refractivity contribution in [1.29, 1.82) is 0 Å². The van der Waals surface area contributed by atoms with E-state index in [0.29, 0.717) is 16.7 Å². The van der Waals surface area contributed by atoms with Crippen molar-refractivity contribution in [3.63, 3.8) is 0 Å². The van der Waals surface area contributed by atoms with Gasteiger partial charge in [-0.05, 0) is 48.4 Å². The van der Waals surface area contributed by atoms with Crippen LogP contribution in [0.3, 0.4) is 0 Å². The van der Waals surface area contributed by atoms with E-state index in [1.54, 1.807) is 24.7 Å². The zero-order valence-corrected chi connectivity index (χ0v) is 19.0. The molecule has 0 aliphatic rings. The van der Waals surface area contributed by atoms with Gasteiger partial charge in [-0.2, -0.15) is 0 Å². The molecule has 0 fully saturated rings. The average molecular weight is 474 g/mol. The van der Waals surface area contributed by atoms with Crippen LogP contribution in [0.5, 0.6) is 0 Å². The number of nitrogens with one attached hydrogen (secondary N) is 1. The van der Waals surface area contributed by atoms with E-state index in [4.69, 9.17) is 4.42 Å². The van der Waals surface area contributed by atoms with Crippen LogP contribution in [0.2, 0.25) is 0 Å². The number of hydrogen-bond donors (Lipinski definition) is 1. The molecule has 0 bridgehead atoms. The summed E-state index contributed by atoms with van der Waals surface area (Å²) in [4.78, 5) is 19.6. The monoisotopic (exact) mass is 474 g/mol. The van der Waals surface area contributed by atoms with Crippen LogP contribution < -0.4 is 5.32 Å². The van der Waals surface area contributed by atoms with E-state index in [-0.39, 0.29) is 16.3 Å². The number of aromatic nitrogens is 2. The Labute approximate surface area is 194 Å². The van der Waals surface area contributed by atoms with Crippen LogP contribution in [0.4, 0.5) is 17.1 Å². The lowest BCUT2D eigenvalue weighted by Gasteiger charge is -2.14. The van der Waals surface area contributed by atoms with E-state index < -0.39 is 14.8 Å². The zero-order chi connectivity index (χ0) is 24.0. The third-order valence-corrected chi connectivity index (χ3v) is 6.66. The van der Waals surface area contributed by atoms with Gasteiger partial charge in [0.1, 0.15) is 5.58 Å². The summed E-state index contributed by atoms with van der Waals surface area (Å²) in [5, 5.41) is 15.3. The highest BCUT2D eigenvalue weighted by Gasteiger charge is 2.19. The van der Waals surface area contributed by atoms with Crippen molar-refractivity contribution in [2.75, 3.05) is 11.6 Å². The number of nitro groups is 1. The molecule has 5 rings (SSSR count). The molecule has 0 saturated heterocycles. The minimum Gasteiger partial charge on any atom is -0.464 e. The summed E-state index contributed by atoms with van der Waals surface area (Å²) in [6.45, 7) is 1.96. The van der Waals surface area contributed by atoms with Crippen molar-refractivity contribution in [3.05, 3.63) is 82.9 Å². The van der Waals surface area contributed by atoms with Crippen molar-refractivity contribution in [1.82, 2.24) is 9.97 Å². The third kappa shape index (κ3) is 3.84. The van der Waals surface area contributed by atoms with Crippen LogP contribution in [-0.4, -0.2) is 29.6 Å². The first-order valence-electron chi connectivity index (χ1n) is 10.2. The van der Waals surface area contributed by atoms with Gasteiger partial charge in [0, 0.05) is 47.4 Å². The predicted molar refractivity (Wildman–Crippen MR) is 129 cm³/mol. The molecule has 34 heavy (non-hydrogen) atoms. The maximum absolute atomic E-state index is 12.3. The van der Waals surface area contributed by atoms with Gasteiger partial charge in [0.05, 0.1) is 32.8 Å². The highest BCUT2D eigenvalue weighted by atomic mass is 32.2. The summed E-state index contributed by atoms with van der Waals surface area (Å²) in [7, 11) is -3.65. The van der Waals surface area contributed by atoms with Gasteiger partial charge >= 0.3 is 0 Å². The van der Waals surface area contributed by atoms with Crippen LogP contribution in [0.25, 0.3) is 33.1 Å². The van der Waals surface area contributed by atoms with Crippen molar-refractivity contribution < 1.29 is 17.8 Å². The second-order valence-electron chi connectivity index (χ2n) is 7.91. The zero-order valence-electron chi connectivity index (χ0n) is 18.1. The molecular formula is C24H18N4O5S. The lowest BCUT2D eigenvalue weighted by Crippen LogP contribution is -2.04. The van der Waals surface area contributed by atoms with E-state index in [0.717, 1.165) is 33.9 Å². The molecule has 0 aliphatic carbocycles. The molecule has 0 atom stereocenters. The number of rotatable bonds is 5. The van der Waals surface area contributed by atoms with Crippen molar-refractivity contribution in [2.24, 2.45) is 0 Å². The summed E-state index contributed by atoms with van der Waals surface area (Å²) in [6, 6.07) is 12.9. The number of furan rings is 1. The van der Waals surface area contributed by atoms with Gasteiger partial charge in [0.25, 0.3) is 5.69 Å². The lowest BCUT2D eigenvalue weighted by atomic mass is 10.0. The first-order chi connectivity index (χ1) is 16.2. The standard InChI is InChI=1S/C24H18N4O5S/c1-14-13-33-22-5-3-15(9-18(14)22)19-10-16(11-21-24(19)26-8-7-25-21)27-20-12-17(28(29)30)4-6-23(20)34(2,31)32/h3-13,27H,1-2H3. The Hall–Kier alpha value is -4.31. The van der Waals surface area contributed by atoms with Crippen LogP contribution >= 0.6 is 0 Å². The molecule has 0 unspecified atom stereocenters. The smallest absolute Gasteiger partial charge is 0.271 e. The Kier molecular flexibility index (Phi) is 5.02. The van der Waals surface area contributed by atoms with E-state index in [1.165, 1.54) is 18.2 Å². The minimum atomic E-state index is -3.65. The van der Waals surface area contributed by atoms with Gasteiger partial charge in [-0.25, -0.2) is 8.42 Å². The molecule has 2 aromatic heterocycles. The second kappa shape index (κ2) is 7.92. The molecule has 0 aliphatic heterocycles. The van der Waals surface area contributed by atoms with Crippen molar-refractivity contribution in [3.8, 4) is 11.1 Å². The van der Waals surface area contributed by atoms with Crippen LogP contribution in [0.1, 0.15) is 5.56 Å². The predicted octanol–water partition coefficient (Wildman–Crippen LogP) is 5.41. The van der Waals surface area contributed by atoms with Gasteiger partial charge in [-0.15, -0.1) is 0 Å². The first kappa shape index (κ1) is 21.5. The second-order valence-corrected chi connectivity index (χ2v) is 9.90. The molecular weight excluding hydrogens is 456 g/mol. The molecule has 5 aromatic rings. The molecule has 0 spiro atoms. The number of hydrogen-bond acceptors (Lipinski definition) is 8. The van der Waals surface area contributed by atoms with E-state index >= 15 is 0 Å². The number of anilines is 2. The first-order valence-corrected chi connectivity index (χ1v) is 12.1. The fourth-order valence-corrected chi connectivity index (χ4v) is 4.72. The fourth-order valence-electron chi connectivity index (χ4n) is 3.90. The molecule has 170 valence electrons. The van der Waals surface area contributed by atoms with Gasteiger partial charge in [-0.3, -0.25) is 20.1 Å². The topological polar surface area (TPSA) is 128 Å². The van der Waals surface area contributed by atoms with Crippen LogP contribution in [0, 0.1) is 17.0 Å². The number of fused-ring (bicyclic) bond motifs is 2. The van der Waals surface area contributed by atoms with E-state index in [2.05, 4.69) is 15.3 Å². The Balaban J connectivity index is 1.70. The summed E-state index contributed by atoms with van der Waals surface area (Å²) >= 11 is 0. The molecule has 0 amide bonds. The Bertz CT molecular complexity index is 1710. The number of aryl methyl sites for hydroxylation is 1. The lowest BCUT2D eigenvalue weighted by molar-refractivity contribution is -0.384. The molecule has 3 aromatic carbocycles. The number of nitro benzene ring substituents is 1. The summed E-state index contributed by atoms with van der Waals surface area (Å²) in [5.74, 6) is 0. The van der Waals surface area contributed by atoms with Gasteiger partial charge < -0.3 is 9.73 Å².